The Morgan fingerprint density at radius 2 is 2.20 bits per heavy atom. The maximum absolute atomic E-state index is 8.89. The lowest BCUT2D eigenvalue weighted by molar-refractivity contribution is 0.138. The van der Waals surface area contributed by atoms with E-state index in [1.165, 1.54) is 29.3 Å². The molecule has 0 bridgehead atoms. The molecule has 5 rings (SSSR count). The van der Waals surface area contributed by atoms with Crippen LogP contribution < -0.4 is 5.32 Å². The van der Waals surface area contributed by atoms with Crippen LogP contribution >= 0.6 is 11.3 Å². The van der Waals surface area contributed by atoms with Crippen molar-refractivity contribution in [3.8, 4) is 6.07 Å². The van der Waals surface area contributed by atoms with Crippen molar-refractivity contribution in [1.82, 2.24) is 19.9 Å². The summed E-state index contributed by atoms with van der Waals surface area (Å²) in [5.74, 6) is 0. The first-order chi connectivity index (χ1) is 14.8. The number of thiazole rings is 1. The van der Waals surface area contributed by atoms with E-state index < -0.39 is 0 Å². The van der Waals surface area contributed by atoms with Gasteiger partial charge in [0.1, 0.15) is 11.8 Å². The molecule has 4 heterocycles. The molecule has 3 aromatic heterocycles. The maximum atomic E-state index is 8.89. The summed E-state index contributed by atoms with van der Waals surface area (Å²) in [6, 6.07) is 14.7. The first-order valence-corrected chi connectivity index (χ1v) is 11.0. The van der Waals surface area contributed by atoms with Crippen LogP contribution in [0.4, 0.5) is 10.8 Å². The fourth-order valence-electron chi connectivity index (χ4n) is 4.10. The third-order valence-electron chi connectivity index (χ3n) is 5.61. The molecule has 30 heavy (non-hydrogen) atoms. The highest BCUT2D eigenvalue weighted by atomic mass is 32.1. The van der Waals surface area contributed by atoms with Gasteiger partial charge in [-0.1, -0.05) is 12.5 Å². The quantitative estimate of drug-likeness (QED) is 0.459. The molecular formula is C23H22N6S. The van der Waals surface area contributed by atoms with Gasteiger partial charge in [-0.15, -0.1) is 11.3 Å². The summed E-state index contributed by atoms with van der Waals surface area (Å²) in [6.07, 6.45) is 7.26. The Balaban J connectivity index is 1.32. The number of anilines is 2. The Labute approximate surface area is 179 Å². The van der Waals surface area contributed by atoms with Crippen LogP contribution in [0.25, 0.3) is 10.9 Å². The highest BCUT2D eigenvalue weighted by Gasteiger charge is 2.26. The molecule has 1 fully saturated rings. The minimum absolute atomic E-state index is 0.339. The van der Waals surface area contributed by atoms with Gasteiger partial charge in [0, 0.05) is 23.6 Å². The monoisotopic (exact) mass is 414 g/mol. The number of nitrogens with zero attached hydrogens (tertiary/aromatic N) is 4. The van der Waals surface area contributed by atoms with Crippen molar-refractivity contribution < 1.29 is 0 Å². The van der Waals surface area contributed by atoms with Crippen molar-refractivity contribution >= 4 is 33.1 Å². The largest absolute Gasteiger partial charge is 0.361 e. The van der Waals surface area contributed by atoms with Gasteiger partial charge < -0.3 is 10.3 Å². The van der Waals surface area contributed by atoms with E-state index in [0.29, 0.717) is 11.7 Å². The lowest BCUT2D eigenvalue weighted by Crippen LogP contribution is -2.33. The zero-order valence-corrected chi connectivity index (χ0v) is 17.3. The second kappa shape index (κ2) is 8.27. The molecule has 0 aliphatic carbocycles. The summed E-state index contributed by atoms with van der Waals surface area (Å²) in [7, 11) is 0. The molecule has 0 radical (unpaired) electrons. The third-order valence-corrected chi connectivity index (χ3v) is 6.39. The average molecular weight is 415 g/mol. The number of pyridine rings is 1. The summed E-state index contributed by atoms with van der Waals surface area (Å²) in [4.78, 5) is 14.8. The Kier molecular flexibility index (Phi) is 5.18. The molecule has 6 nitrogen and oxygen atoms in total. The van der Waals surface area contributed by atoms with Crippen LogP contribution in [0.2, 0.25) is 0 Å². The molecule has 7 heteroatoms. The number of benzene rings is 1. The van der Waals surface area contributed by atoms with Crippen molar-refractivity contribution in [2.24, 2.45) is 0 Å². The molecule has 0 spiro atoms. The van der Waals surface area contributed by atoms with Crippen LogP contribution in [0.1, 0.15) is 42.3 Å². The van der Waals surface area contributed by atoms with E-state index in [4.69, 9.17) is 10.2 Å². The number of aromatic nitrogens is 3. The smallest absolute Gasteiger partial charge is 0.187 e. The fraction of sp³-hybridized carbons (Fsp3) is 0.261. The van der Waals surface area contributed by atoms with Gasteiger partial charge in [0.05, 0.1) is 23.6 Å². The summed E-state index contributed by atoms with van der Waals surface area (Å²) in [6.45, 7) is 2.03. The molecule has 0 unspecified atom stereocenters. The lowest BCUT2D eigenvalue weighted by atomic mass is 9.99. The number of aromatic amines is 1. The van der Waals surface area contributed by atoms with E-state index in [1.807, 2.05) is 18.3 Å². The standard InChI is InChI=1S/C23H22N6S/c24-12-18-5-6-19(13-26-18)27-23-28-21(15-30-23)22-3-1-2-10-29(22)14-16-4-7-20-17(11-16)8-9-25-20/h4-9,11,13,15,22,25H,1-3,10,14H2,(H,27,28)/t22-/m1/s1. The number of nitriles is 1. The predicted octanol–water partition coefficient (Wildman–Crippen LogP) is 5.36. The number of hydrogen-bond acceptors (Lipinski definition) is 6. The van der Waals surface area contributed by atoms with Gasteiger partial charge in [-0.05, 0) is 60.7 Å². The minimum atomic E-state index is 0.339. The van der Waals surface area contributed by atoms with Crippen LogP contribution in [0.15, 0.2) is 54.2 Å². The molecule has 0 amide bonds. The number of H-pyrrole nitrogens is 1. The number of hydrogen-bond donors (Lipinski definition) is 2. The van der Waals surface area contributed by atoms with Crippen LogP contribution in [0.3, 0.4) is 0 Å². The van der Waals surface area contributed by atoms with Crippen LogP contribution in [0.5, 0.6) is 0 Å². The van der Waals surface area contributed by atoms with Crippen LogP contribution in [-0.4, -0.2) is 26.4 Å². The van der Waals surface area contributed by atoms with Crippen molar-refractivity contribution in [2.75, 3.05) is 11.9 Å². The Hall–Kier alpha value is -3.21. The van der Waals surface area contributed by atoms with E-state index in [1.54, 1.807) is 23.6 Å². The van der Waals surface area contributed by atoms with E-state index in [-0.39, 0.29) is 0 Å². The third kappa shape index (κ3) is 3.92. The zero-order valence-electron chi connectivity index (χ0n) is 16.5. The fourth-order valence-corrected chi connectivity index (χ4v) is 4.88. The number of rotatable bonds is 5. The molecule has 1 aliphatic rings. The number of nitrogens with one attached hydrogen (secondary N) is 2. The normalized spacial score (nSPS) is 17.1. The molecule has 4 aromatic rings. The maximum Gasteiger partial charge on any atom is 0.187 e. The Morgan fingerprint density at radius 1 is 1.23 bits per heavy atom. The van der Waals surface area contributed by atoms with Gasteiger partial charge in [0.15, 0.2) is 5.13 Å². The SMILES string of the molecule is N#Cc1ccc(Nc2nc([C@H]3CCCCN3Cc3ccc4[nH]ccc4c3)cs2)cn1. The average Bonchev–Trinajstić information content (AvgIpc) is 3.44. The van der Waals surface area contributed by atoms with Gasteiger partial charge in [0.2, 0.25) is 0 Å². The zero-order chi connectivity index (χ0) is 20.3. The first kappa shape index (κ1) is 18.8. The number of piperidine rings is 1. The van der Waals surface area contributed by atoms with Crippen molar-refractivity contribution in [1.29, 1.82) is 5.26 Å². The molecule has 1 aliphatic heterocycles. The molecule has 1 saturated heterocycles. The molecule has 0 saturated carbocycles. The lowest BCUT2D eigenvalue weighted by Gasteiger charge is -2.34. The topological polar surface area (TPSA) is 80.6 Å². The van der Waals surface area contributed by atoms with Crippen molar-refractivity contribution in [3.05, 3.63) is 71.1 Å². The summed E-state index contributed by atoms with van der Waals surface area (Å²) < 4.78 is 0. The van der Waals surface area contributed by atoms with E-state index in [0.717, 1.165) is 36.0 Å². The molecule has 150 valence electrons. The van der Waals surface area contributed by atoms with E-state index in [9.17, 15) is 0 Å². The first-order valence-electron chi connectivity index (χ1n) is 10.2. The number of likely N-dealkylation sites (tertiary alicyclic amines) is 1. The van der Waals surface area contributed by atoms with Gasteiger partial charge in [-0.2, -0.15) is 5.26 Å². The molecule has 1 aromatic carbocycles. The highest BCUT2D eigenvalue weighted by Crippen LogP contribution is 2.34. The molecular weight excluding hydrogens is 392 g/mol. The molecule has 2 N–H and O–H groups in total. The second-order valence-corrected chi connectivity index (χ2v) is 8.49. The van der Waals surface area contributed by atoms with Gasteiger partial charge in [-0.25, -0.2) is 9.97 Å². The van der Waals surface area contributed by atoms with E-state index in [2.05, 4.69) is 49.8 Å². The van der Waals surface area contributed by atoms with Gasteiger partial charge in [-0.3, -0.25) is 4.90 Å². The summed E-state index contributed by atoms with van der Waals surface area (Å²) in [5.41, 5.74) is 4.91. The van der Waals surface area contributed by atoms with Crippen molar-refractivity contribution in [2.45, 2.75) is 31.8 Å². The van der Waals surface area contributed by atoms with Gasteiger partial charge in [0.25, 0.3) is 0 Å². The minimum Gasteiger partial charge on any atom is -0.361 e. The Morgan fingerprint density at radius 3 is 3.07 bits per heavy atom. The number of fused-ring (bicyclic) bond motifs is 1. The van der Waals surface area contributed by atoms with Crippen molar-refractivity contribution in [3.63, 3.8) is 0 Å². The van der Waals surface area contributed by atoms with Gasteiger partial charge >= 0.3 is 0 Å². The second-order valence-electron chi connectivity index (χ2n) is 7.63. The summed E-state index contributed by atoms with van der Waals surface area (Å²) >= 11 is 1.61. The van der Waals surface area contributed by atoms with E-state index >= 15 is 0 Å². The molecule has 1 atom stereocenters. The summed E-state index contributed by atoms with van der Waals surface area (Å²) in [5, 5.41) is 16.5. The van der Waals surface area contributed by atoms with Crippen LogP contribution in [0, 0.1) is 11.3 Å². The Bertz CT molecular complexity index is 1190. The highest BCUT2D eigenvalue weighted by molar-refractivity contribution is 7.13. The predicted molar refractivity (Wildman–Crippen MR) is 120 cm³/mol. The van der Waals surface area contributed by atoms with Crippen LogP contribution in [-0.2, 0) is 6.54 Å².